The van der Waals surface area contributed by atoms with E-state index in [1.54, 1.807) is 30.1 Å². The molecule has 2 aromatic heterocycles. The highest BCUT2D eigenvalue weighted by molar-refractivity contribution is 5.27. The maximum absolute atomic E-state index is 12.4. The molecule has 0 amide bonds. The molecule has 0 radical (unpaired) electrons. The fourth-order valence-corrected chi connectivity index (χ4v) is 1.75. The van der Waals surface area contributed by atoms with E-state index in [0.717, 1.165) is 4.68 Å². The van der Waals surface area contributed by atoms with Crippen molar-refractivity contribution in [2.75, 3.05) is 5.73 Å². The lowest BCUT2D eigenvalue weighted by atomic mass is 10.2. The Morgan fingerprint density at radius 2 is 2.28 bits per heavy atom. The Hall–Kier alpha value is -1.99. The maximum atomic E-state index is 12.4. The Morgan fingerprint density at radius 3 is 2.83 bits per heavy atom. The summed E-state index contributed by atoms with van der Waals surface area (Å²) >= 11 is 0. The van der Waals surface area contributed by atoms with Crippen molar-refractivity contribution in [2.24, 2.45) is 0 Å². The van der Waals surface area contributed by atoms with Crippen LogP contribution in [0, 0.1) is 0 Å². The summed E-state index contributed by atoms with van der Waals surface area (Å²) in [6, 6.07) is 1.24. The van der Waals surface area contributed by atoms with Crippen LogP contribution >= 0.6 is 0 Å². The first kappa shape index (κ1) is 12.5. The van der Waals surface area contributed by atoms with Crippen molar-refractivity contribution in [3.63, 3.8) is 0 Å². The number of alkyl halides is 3. The molecule has 8 heteroatoms. The van der Waals surface area contributed by atoms with Gasteiger partial charge in [0, 0.05) is 13.1 Å². The lowest BCUT2D eigenvalue weighted by molar-refractivity contribution is -0.762. The van der Waals surface area contributed by atoms with Gasteiger partial charge in [-0.25, -0.2) is 0 Å². The molecule has 2 heterocycles. The second-order valence-electron chi connectivity index (χ2n) is 4.01. The Bertz CT molecular complexity index is 528. The van der Waals surface area contributed by atoms with Gasteiger partial charge in [-0.3, -0.25) is 4.68 Å². The van der Waals surface area contributed by atoms with Gasteiger partial charge < -0.3 is 5.73 Å². The molecular weight excluding hydrogens is 247 g/mol. The molecule has 98 valence electrons. The molecule has 0 bridgehead atoms. The van der Waals surface area contributed by atoms with Crippen LogP contribution in [0.5, 0.6) is 0 Å². The van der Waals surface area contributed by atoms with Crippen LogP contribution in [-0.4, -0.2) is 21.1 Å². The van der Waals surface area contributed by atoms with Crippen LogP contribution in [0.1, 0.15) is 18.7 Å². The molecule has 0 fully saturated rings. The highest BCUT2D eigenvalue weighted by Gasteiger charge is 2.31. The van der Waals surface area contributed by atoms with E-state index in [-0.39, 0.29) is 6.04 Å². The maximum Gasteiger partial charge on any atom is 0.408 e. The van der Waals surface area contributed by atoms with Crippen LogP contribution in [-0.2, 0) is 6.54 Å². The molecule has 0 aromatic carbocycles. The van der Waals surface area contributed by atoms with Gasteiger partial charge in [0.2, 0.25) is 12.2 Å². The van der Waals surface area contributed by atoms with Crippen LogP contribution in [0.4, 0.5) is 18.9 Å². The normalized spacial score (nSPS) is 13.8. The molecule has 3 N–H and O–H groups in total. The fourth-order valence-electron chi connectivity index (χ4n) is 1.75. The average molecular weight is 260 g/mol. The molecule has 0 saturated carbocycles. The Kier molecular flexibility index (Phi) is 3.02. The first-order valence-corrected chi connectivity index (χ1v) is 5.30. The number of nitrogen functional groups attached to an aromatic ring is 1. The molecule has 18 heavy (non-hydrogen) atoms. The number of nitrogens with two attached hydrogens (primary N) is 1. The minimum absolute atomic E-state index is 0.313. The lowest BCUT2D eigenvalue weighted by Gasteiger charge is -2.11. The third-order valence-corrected chi connectivity index (χ3v) is 2.59. The molecular formula is C10H13F3N5+. The fraction of sp³-hybridized carbons (Fsp3) is 0.400. The van der Waals surface area contributed by atoms with E-state index >= 15 is 0 Å². The molecule has 0 aliphatic heterocycles. The van der Waals surface area contributed by atoms with E-state index in [1.165, 1.54) is 6.20 Å². The summed E-state index contributed by atoms with van der Waals surface area (Å²) < 4.78 is 39.7. The first-order chi connectivity index (χ1) is 8.37. The number of halogens is 3. The van der Waals surface area contributed by atoms with Gasteiger partial charge in [0.1, 0.15) is 17.9 Å². The number of hydrogen-bond acceptors (Lipinski definition) is 2. The number of aromatic amines is 1. The molecule has 1 unspecified atom stereocenters. The van der Waals surface area contributed by atoms with Gasteiger partial charge in [-0.2, -0.15) is 23.4 Å². The van der Waals surface area contributed by atoms with Crippen LogP contribution in [0.25, 0.3) is 0 Å². The van der Waals surface area contributed by atoms with E-state index in [9.17, 15) is 13.2 Å². The van der Waals surface area contributed by atoms with E-state index in [1.807, 2.05) is 0 Å². The van der Waals surface area contributed by atoms with Gasteiger partial charge >= 0.3 is 6.18 Å². The minimum Gasteiger partial charge on any atom is -0.392 e. The van der Waals surface area contributed by atoms with Crippen LogP contribution in [0.15, 0.2) is 24.7 Å². The summed E-state index contributed by atoms with van der Waals surface area (Å²) in [5, 5.41) is 6.55. The number of nitrogens with one attached hydrogen (secondary N) is 1. The molecule has 2 aromatic rings. The van der Waals surface area contributed by atoms with Gasteiger partial charge in [0.25, 0.3) is 0 Å². The topological polar surface area (TPSA) is 63.5 Å². The summed E-state index contributed by atoms with van der Waals surface area (Å²) in [6.07, 6.45) is 0.251. The molecule has 0 aliphatic carbocycles. The molecule has 1 atom stereocenters. The number of aromatic nitrogens is 4. The van der Waals surface area contributed by atoms with Crippen molar-refractivity contribution in [1.29, 1.82) is 0 Å². The molecule has 0 spiro atoms. The predicted octanol–water partition coefficient (Wildman–Crippen LogP) is 1.25. The quantitative estimate of drug-likeness (QED) is 0.816. The number of H-pyrrole nitrogens is 1. The SMILES string of the molecule is CC(c1ccnn1CC(F)(F)F)[n+]1cc(N)c[nH]1. The minimum atomic E-state index is -4.29. The highest BCUT2D eigenvalue weighted by Crippen LogP contribution is 2.20. The Labute approximate surface area is 101 Å². The number of nitrogens with zero attached hydrogens (tertiary/aromatic N) is 3. The summed E-state index contributed by atoms with van der Waals surface area (Å²) in [4.78, 5) is 0. The van der Waals surface area contributed by atoms with Gasteiger partial charge in [0.15, 0.2) is 0 Å². The van der Waals surface area contributed by atoms with Crippen LogP contribution < -0.4 is 10.4 Å². The lowest BCUT2D eigenvalue weighted by Crippen LogP contribution is -2.41. The Morgan fingerprint density at radius 1 is 1.56 bits per heavy atom. The van der Waals surface area contributed by atoms with Crippen molar-refractivity contribution < 1.29 is 17.9 Å². The van der Waals surface area contributed by atoms with Crippen molar-refractivity contribution in [1.82, 2.24) is 14.9 Å². The first-order valence-electron chi connectivity index (χ1n) is 5.30. The number of hydrogen-bond donors (Lipinski definition) is 2. The monoisotopic (exact) mass is 260 g/mol. The van der Waals surface area contributed by atoms with Gasteiger partial charge in [0.05, 0.1) is 6.20 Å². The smallest absolute Gasteiger partial charge is 0.392 e. The second-order valence-corrected chi connectivity index (χ2v) is 4.01. The zero-order valence-electron chi connectivity index (χ0n) is 9.65. The Balaban J connectivity index is 2.26. The van der Waals surface area contributed by atoms with Gasteiger partial charge in [-0.05, 0) is 6.07 Å². The van der Waals surface area contributed by atoms with E-state index in [0.29, 0.717) is 11.4 Å². The zero-order valence-corrected chi connectivity index (χ0v) is 9.65. The average Bonchev–Trinajstić information content (AvgIpc) is 2.84. The summed E-state index contributed by atoms with van der Waals surface area (Å²) in [5.41, 5.74) is 6.53. The summed E-state index contributed by atoms with van der Waals surface area (Å²) in [7, 11) is 0. The molecule has 5 nitrogen and oxygen atoms in total. The predicted molar refractivity (Wildman–Crippen MR) is 57.5 cm³/mol. The standard InChI is InChI=1S/C10H12F3N5/c1-7(17-5-8(14)4-16-17)9-2-3-15-18(9)6-10(11,12)13/h2-5,7H,6,14H2,1H3/p+1. The number of rotatable bonds is 3. The van der Waals surface area contributed by atoms with Crippen molar-refractivity contribution in [3.8, 4) is 0 Å². The van der Waals surface area contributed by atoms with Crippen molar-refractivity contribution >= 4 is 5.69 Å². The molecule has 0 saturated heterocycles. The summed E-state index contributed by atoms with van der Waals surface area (Å²) in [5.74, 6) is 0. The highest BCUT2D eigenvalue weighted by atomic mass is 19.4. The van der Waals surface area contributed by atoms with Crippen molar-refractivity contribution in [2.45, 2.75) is 25.7 Å². The van der Waals surface area contributed by atoms with Crippen molar-refractivity contribution in [3.05, 3.63) is 30.4 Å². The molecule has 0 aliphatic rings. The van der Waals surface area contributed by atoms with Gasteiger partial charge in [-0.15, -0.1) is 4.68 Å². The van der Waals surface area contributed by atoms with E-state index < -0.39 is 12.7 Å². The second kappa shape index (κ2) is 4.35. The van der Waals surface area contributed by atoms with E-state index in [2.05, 4.69) is 10.2 Å². The largest absolute Gasteiger partial charge is 0.408 e. The molecule has 2 rings (SSSR count). The van der Waals surface area contributed by atoms with Crippen LogP contribution in [0.3, 0.4) is 0 Å². The summed E-state index contributed by atoms with van der Waals surface area (Å²) in [6.45, 7) is 0.663. The third-order valence-electron chi connectivity index (χ3n) is 2.59. The number of anilines is 1. The van der Waals surface area contributed by atoms with Crippen LogP contribution in [0.2, 0.25) is 0 Å². The zero-order chi connectivity index (χ0) is 13.3. The third kappa shape index (κ3) is 2.63. The van der Waals surface area contributed by atoms with Gasteiger partial charge in [-0.1, -0.05) is 0 Å². The van der Waals surface area contributed by atoms with E-state index in [4.69, 9.17) is 5.73 Å².